The molecule has 0 fully saturated rings. The van der Waals surface area contributed by atoms with E-state index in [0.717, 1.165) is 35.3 Å². The summed E-state index contributed by atoms with van der Waals surface area (Å²) in [5.74, 6) is 1.60. The Labute approximate surface area is 263 Å². The normalized spacial score (nSPS) is 12.2. The average molecular weight is 580 g/mol. The topological polar surface area (TPSA) is 22.2 Å². The zero-order chi connectivity index (χ0) is 30.1. The molecule has 8 aromatic rings. The lowest BCUT2D eigenvalue weighted by atomic mass is 9.81. The number of nitrogens with zero attached hydrogens (tertiary/aromatic N) is 3. The van der Waals surface area contributed by atoms with Gasteiger partial charge in [-0.25, -0.2) is 4.98 Å². The fraction of sp³-hybridized carbons (Fsp3) is 0.119. The number of hydrogen-bond acceptors (Lipinski definition) is 1. The molecule has 0 saturated heterocycles. The van der Waals surface area contributed by atoms with Crippen LogP contribution in [0.1, 0.15) is 25.8 Å². The molecule has 2 aromatic heterocycles. The van der Waals surface area contributed by atoms with E-state index in [9.17, 15) is 0 Å². The highest BCUT2D eigenvalue weighted by atomic mass is 15.2. The molecule has 0 spiro atoms. The van der Waals surface area contributed by atoms with E-state index in [-0.39, 0.29) is 0 Å². The molecule has 3 nitrogen and oxygen atoms in total. The summed E-state index contributed by atoms with van der Waals surface area (Å²) in [7, 11) is 0. The van der Waals surface area contributed by atoms with E-state index in [4.69, 9.17) is 4.98 Å². The fourth-order valence-corrected chi connectivity index (χ4v) is 7.37. The zero-order valence-electron chi connectivity index (χ0n) is 25.5. The van der Waals surface area contributed by atoms with Crippen molar-refractivity contribution in [3.8, 4) is 50.2 Å². The molecule has 0 bridgehead atoms. The van der Waals surface area contributed by atoms with Crippen molar-refractivity contribution in [3.63, 3.8) is 0 Å². The lowest BCUT2D eigenvalue weighted by Gasteiger charge is -2.23. The van der Waals surface area contributed by atoms with E-state index < -0.39 is 0 Å². The van der Waals surface area contributed by atoms with E-state index >= 15 is 0 Å². The van der Waals surface area contributed by atoms with Gasteiger partial charge in [0.2, 0.25) is 5.78 Å². The Morgan fingerprint density at radius 3 is 1.62 bits per heavy atom. The number of hydrogen-bond donors (Lipinski definition) is 0. The van der Waals surface area contributed by atoms with Gasteiger partial charge in [-0.15, -0.1) is 0 Å². The molecule has 0 amide bonds. The molecule has 216 valence electrons. The third kappa shape index (κ3) is 3.93. The van der Waals surface area contributed by atoms with Crippen LogP contribution in [0.2, 0.25) is 0 Å². The molecule has 2 heterocycles. The maximum atomic E-state index is 5.39. The van der Waals surface area contributed by atoms with Crippen molar-refractivity contribution in [3.05, 3.63) is 139 Å². The molecular weight excluding hydrogens is 546 g/mol. The summed E-state index contributed by atoms with van der Waals surface area (Å²) in [6.07, 6.45) is 2.18. The average Bonchev–Trinajstić information content (AvgIpc) is 3.62. The van der Waals surface area contributed by atoms with Crippen LogP contribution in [0.15, 0.2) is 133 Å². The number of fused-ring (bicyclic) bond motifs is 13. The lowest BCUT2D eigenvalue weighted by Crippen LogP contribution is -2.00. The first-order chi connectivity index (χ1) is 22.2. The Morgan fingerprint density at radius 2 is 1.02 bits per heavy atom. The van der Waals surface area contributed by atoms with Crippen molar-refractivity contribution in [2.24, 2.45) is 5.92 Å². The van der Waals surface area contributed by atoms with Crippen LogP contribution >= 0.6 is 0 Å². The van der Waals surface area contributed by atoms with E-state index in [0.29, 0.717) is 5.92 Å². The number of benzene rings is 6. The Bertz CT molecular complexity index is 2410. The lowest BCUT2D eigenvalue weighted by molar-refractivity contribution is 0.588. The smallest absolute Gasteiger partial charge is 0.220 e. The maximum Gasteiger partial charge on any atom is 0.220 e. The van der Waals surface area contributed by atoms with Crippen LogP contribution in [-0.4, -0.2) is 14.0 Å². The minimum absolute atomic E-state index is 0.649. The second-order valence-corrected chi connectivity index (χ2v) is 12.7. The number of para-hydroxylation sites is 3. The minimum Gasteiger partial charge on any atom is -0.278 e. The summed E-state index contributed by atoms with van der Waals surface area (Å²) in [4.78, 5) is 5.39. The summed E-state index contributed by atoms with van der Waals surface area (Å²) in [5.41, 5.74) is 17.1. The molecule has 1 aliphatic rings. The second kappa shape index (κ2) is 10.1. The Morgan fingerprint density at radius 1 is 0.511 bits per heavy atom. The van der Waals surface area contributed by atoms with Gasteiger partial charge in [-0.3, -0.25) is 8.97 Å². The van der Waals surface area contributed by atoms with Crippen LogP contribution in [0.3, 0.4) is 0 Å². The van der Waals surface area contributed by atoms with Gasteiger partial charge in [0.15, 0.2) is 0 Å². The van der Waals surface area contributed by atoms with E-state index in [1.807, 2.05) is 0 Å². The third-order valence-corrected chi connectivity index (χ3v) is 9.51. The molecule has 9 rings (SSSR count). The predicted octanol–water partition coefficient (Wildman–Crippen LogP) is 11.0. The van der Waals surface area contributed by atoms with Crippen LogP contribution < -0.4 is 0 Å². The molecule has 1 aliphatic carbocycles. The Balaban J connectivity index is 1.34. The second-order valence-electron chi connectivity index (χ2n) is 12.7. The van der Waals surface area contributed by atoms with Crippen molar-refractivity contribution in [2.45, 2.75) is 26.7 Å². The summed E-state index contributed by atoms with van der Waals surface area (Å²) >= 11 is 0. The first-order valence-electron chi connectivity index (χ1n) is 16.0. The van der Waals surface area contributed by atoms with Crippen molar-refractivity contribution < 1.29 is 0 Å². The largest absolute Gasteiger partial charge is 0.278 e. The van der Waals surface area contributed by atoms with E-state index in [1.54, 1.807) is 0 Å². The monoisotopic (exact) mass is 579 g/mol. The van der Waals surface area contributed by atoms with Crippen molar-refractivity contribution in [1.29, 1.82) is 0 Å². The van der Waals surface area contributed by atoms with Gasteiger partial charge in [-0.2, -0.15) is 0 Å². The summed E-state index contributed by atoms with van der Waals surface area (Å²) in [6.45, 7) is 4.58. The molecule has 0 atom stereocenters. The summed E-state index contributed by atoms with van der Waals surface area (Å²) in [6, 6.07) is 48.8. The van der Waals surface area contributed by atoms with Crippen molar-refractivity contribution in [2.75, 3.05) is 0 Å². The molecule has 45 heavy (non-hydrogen) atoms. The molecule has 3 heteroatoms. The standard InChI is InChI=1S/C42H33N3/c1-27(2)22-23-28-12-11-21-40-41(28)43-42-44(38-19-9-10-20-39(38)45(40)42)29-24-25-36-34-17-6-5-15-32(34)30-13-3-4-14-31(30)33-16-7-8-18-35(33)37(36)26-29/h3-21,24-27H,22-23H2,1-2H3. The highest BCUT2D eigenvalue weighted by molar-refractivity contribution is 6.03. The zero-order valence-corrected chi connectivity index (χ0v) is 25.5. The molecule has 0 radical (unpaired) electrons. The van der Waals surface area contributed by atoms with Gasteiger partial charge in [-0.1, -0.05) is 117 Å². The predicted molar refractivity (Wildman–Crippen MR) is 188 cm³/mol. The van der Waals surface area contributed by atoms with Gasteiger partial charge in [-0.05, 0) is 99.2 Å². The highest BCUT2D eigenvalue weighted by Crippen LogP contribution is 2.48. The van der Waals surface area contributed by atoms with Gasteiger partial charge in [0.1, 0.15) is 0 Å². The highest BCUT2D eigenvalue weighted by Gasteiger charge is 2.24. The van der Waals surface area contributed by atoms with Crippen molar-refractivity contribution >= 4 is 27.8 Å². The number of imidazole rings is 2. The SMILES string of the molecule is CC(C)CCc1cccc2c1nc1n(-c3ccc4c(c3)-c3ccccc3-c3ccccc3-c3ccccc3-4)c3ccccc3n21. The van der Waals surface area contributed by atoms with Crippen molar-refractivity contribution in [1.82, 2.24) is 14.0 Å². The van der Waals surface area contributed by atoms with Gasteiger partial charge in [0, 0.05) is 5.69 Å². The van der Waals surface area contributed by atoms with Gasteiger partial charge < -0.3 is 0 Å². The van der Waals surface area contributed by atoms with Gasteiger partial charge in [0.25, 0.3) is 0 Å². The first kappa shape index (κ1) is 26.0. The maximum absolute atomic E-state index is 5.39. The van der Waals surface area contributed by atoms with Crippen LogP contribution in [0, 0.1) is 5.92 Å². The summed E-state index contributed by atoms with van der Waals surface area (Å²) < 4.78 is 4.70. The molecule has 0 saturated carbocycles. The Kier molecular flexibility index (Phi) is 5.82. The Hall–Kier alpha value is -5.41. The summed E-state index contributed by atoms with van der Waals surface area (Å²) in [5, 5.41) is 0. The molecule has 0 aliphatic heterocycles. The van der Waals surface area contributed by atoms with E-state index in [2.05, 4.69) is 156 Å². The van der Waals surface area contributed by atoms with Crippen LogP contribution in [0.25, 0.3) is 78.0 Å². The van der Waals surface area contributed by atoms with Crippen LogP contribution in [0.4, 0.5) is 0 Å². The first-order valence-corrected chi connectivity index (χ1v) is 16.0. The van der Waals surface area contributed by atoms with Gasteiger partial charge >= 0.3 is 0 Å². The minimum atomic E-state index is 0.649. The van der Waals surface area contributed by atoms with Crippen LogP contribution in [-0.2, 0) is 6.42 Å². The molecule has 0 unspecified atom stereocenters. The molecule has 0 N–H and O–H groups in total. The third-order valence-electron chi connectivity index (χ3n) is 9.51. The molecule has 6 aromatic carbocycles. The van der Waals surface area contributed by atoms with E-state index in [1.165, 1.54) is 61.1 Å². The quantitative estimate of drug-likeness (QED) is 0.203. The number of rotatable bonds is 4. The molecular formula is C42H33N3. The van der Waals surface area contributed by atoms with Crippen LogP contribution in [0.5, 0.6) is 0 Å². The number of aromatic nitrogens is 3. The number of aryl methyl sites for hydroxylation is 1. The van der Waals surface area contributed by atoms with Gasteiger partial charge in [0.05, 0.1) is 22.1 Å². The fourth-order valence-electron chi connectivity index (χ4n) is 7.37.